The fourth-order valence-electron chi connectivity index (χ4n) is 3.85. The van der Waals surface area contributed by atoms with Gasteiger partial charge in [0, 0.05) is 11.6 Å². The van der Waals surface area contributed by atoms with Crippen LogP contribution in [0.5, 0.6) is 0 Å². The van der Waals surface area contributed by atoms with Crippen molar-refractivity contribution < 1.29 is 4.52 Å². The molecule has 1 unspecified atom stereocenters. The van der Waals surface area contributed by atoms with Gasteiger partial charge in [0.15, 0.2) is 16.8 Å². The van der Waals surface area contributed by atoms with Gasteiger partial charge in [0.25, 0.3) is 0 Å². The smallest absolute Gasteiger partial charge is 0.239 e. The summed E-state index contributed by atoms with van der Waals surface area (Å²) in [4.78, 5) is 4.38. The highest BCUT2D eigenvalue weighted by molar-refractivity contribution is 7.99. The van der Waals surface area contributed by atoms with Gasteiger partial charge in [-0.15, -0.1) is 10.2 Å². The van der Waals surface area contributed by atoms with Crippen LogP contribution in [0.1, 0.15) is 81.9 Å². The molecule has 0 radical (unpaired) electrons. The van der Waals surface area contributed by atoms with E-state index in [0.717, 1.165) is 16.5 Å². The van der Waals surface area contributed by atoms with Crippen molar-refractivity contribution >= 4 is 11.8 Å². The van der Waals surface area contributed by atoms with Gasteiger partial charge in [0.1, 0.15) is 0 Å². The van der Waals surface area contributed by atoms with Crippen LogP contribution in [0.2, 0.25) is 0 Å². The molecular formula is C22H29N5OS. The Hall–Kier alpha value is -2.15. The Morgan fingerprint density at radius 3 is 2.38 bits per heavy atom. The molecule has 0 aliphatic heterocycles. The van der Waals surface area contributed by atoms with Crippen LogP contribution in [0.4, 0.5) is 0 Å². The SMILES string of the molecule is Cc1noc(C(C)Sc2nnc(-c3ccc(C(C)(C)C)cc3)n2C2CCCC2)n1. The van der Waals surface area contributed by atoms with Crippen molar-refractivity contribution in [3.05, 3.63) is 41.5 Å². The molecule has 29 heavy (non-hydrogen) atoms. The molecule has 1 aromatic carbocycles. The second-order valence-corrected chi connectivity index (χ2v) is 10.2. The lowest BCUT2D eigenvalue weighted by Gasteiger charge is -2.20. The maximum Gasteiger partial charge on any atom is 0.239 e. The van der Waals surface area contributed by atoms with Gasteiger partial charge in [0.2, 0.25) is 5.89 Å². The van der Waals surface area contributed by atoms with E-state index < -0.39 is 0 Å². The van der Waals surface area contributed by atoms with Gasteiger partial charge < -0.3 is 4.52 Å². The Kier molecular flexibility index (Phi) is 5.51. The number of rotatable bonds is 5. The number of nitrogens with zero attached hydrogens (tertiary/aromatic N) is 5. The van der Waals surface area contributed by atoms with Crippen molar-refractivity contribution in [1.82, 2.24) is 24.9 Å². The molecule has 1 aliphatic rings. The molecule has 154 valence electrons. The van der Waals surface area contributed by atoms with Crippen LogP contribution in [0.15, 0.2) is 33.9 Å². The minimum absolute atomic E-state index is 0.0247. The summed E-state index contributed by atoms with van der Waals surface area (Å²) in [5.74, 6) is 2.24. The molecule has 0 bridgehead atoms. The monoisotopic (exact) mass is 411 g/mol. The lowest BCUT2D eigenvalue weighted by atomic mass is 9.86. The van der Waals surface area contributed by atoms with Crippen molar-refractivity contribution in [3.63, 3.8) is 0 Å². The largest absolute Gasteiger partial charge is 0.338 e. The van der Waals surface area contributed by atoms with E-state index in [2.05, 4.69) is 76.9 Å². The minimum atomic E-state index is 0.0247. The number of aromatic nitrogens is 5. The summed E-state index contributed by atoms with van der Waals surface area (Å²) in [5.41, 5.74) is 2.57. The van der Waals surface area contributed by atoms with Gasteiger partial charge >= 0.3 is 0 Å². The average molecular weight is 412 g/mol. The molecule has 1 saturated carbocycles. The molecule has 6 nitrogen and oxygen atoms in total. The molecule has 1 aliphatic carbocycles. The van der Waals surface area contributed by atoms with Crippen molar-refractivity contribution in [2.24, 2.45) is 0 Å². The molecule has 0 spiro atoms. The van der Waals surface area contributed by atoms with Crippen molar-refractivity contribution in [1.29, 1.82) is 0 Å². The standard InChI is InChI=1S/C22H29N5OS/c1-14(20-23-15(2)26-28-20)29-21-25-24-19(27(21)18-8-6-7-9-18)16-10-12-17(13-11-16)22(3,4)5/h10-14,18H,6-9H2,1-5H3. The zero-order valence-corrected chi connectivity index (χ0v) is 18.7. The van der Waals surface area contributed by atoms with E-state index in [1.165, 1.54) is 31.2 Å². The highest BCUT2D eigenvalue weighted by Crippen LogP contribution is 2.40. The number of aryl methyl sites for hydroxylation is 1. The molecule has 1 atom stereocenters. The zero-order chi connectivity index (χ0) is 20.6. The number of thioether (sulfide) groups is 1. The van der Waals surface area contributed by atoms with E-state index in [0.29, 0.717) is 17.8 Å². The van der Waals surface area contributed by atoms with E-state index in [4.69, 9.17) is 4.52 Å². The minimum Gasteiger partial charge on any atom is -0.338 e. The van der Waals surface area contributed by atoms with Crippen LogP contribution in [0.25, 0.3) is 11.4 Å². The highest BCUT2D eigenvalue weighted by Gasteiger charge is 2.27. The van der Waals surface area contributed by atoms with Crippen LogP contribution >= 0.6 is 11.8 Å². The zero-order valence-electron chi connectivity index (χ0n) is 17.8. The fourth-order valence-corrected chi connectivity index (χ4v) is 4.80. The molecule has 4 rings (SSSR count). The third-order valence-electron chi connectivity index (χ3n) is 5.54. The fraction of sp³-hybridized carbons (Fsp3) is 0.545. The van der Waals surface area contributed by atoms with E-state index in [1.807, 2.05) is 6.92 Å². The molecule has 2 heterocycles. The van der Waals surface area contributed by atoms with Gasteiger partial charge in [-0.25, -0.2) is 0 Å². The predicted molar refractivity (Wildman–Crippen MR) is 115 cm³/mol. The molecule has 3 aromatic rings. The van der Waals surface area contributed by atoms with Crippen LogP contribution < -0.4 is 0 Å². The molecule has 1 fully saturated rings. The average Bonchev–Trinajstić information content (AvgIpc) is 3.41. The van der Waals surface area contributed by atoms with Crippen LogP contribution in [-0.2, 0) is 5.41 Å². The maximum absolute atomic E-state index is 5.36. The first kappa shape index (κ1) is 20.1. The van der Waals surface area contributed by atoms with E-state index in [1.54, 1.807) is 11.8 Å². The molecule has 0 N–H and O–H groups in total. The Labute approximate surface area is 176 Å². The normalized spacial score (nSPS) is 16.4. The van der Waals surface area contributed by atoms with Crippen molar-refractivity contribution in [2.45, 2.75) is 82.2 Å². The third kappa shape index (κ3) is 4.25. The first-order valence-corrected chi connectivity index (χ1v) is 11.2. The van der Waals surface area contributed by atoms with Gasteiger partial charge in [-0.1, -0.05) is 74.8 Å². The summed E-state index contributed by atoms with van der Waals surface area (Å²) in [7, 11) is 0. The Morgan fingerprint density at radius 1 is 1.10 bits per heavy atom. The molecule has 0 amide bonds. The van der Waals surface area contributed by atoms with Crippen LogP contribution in [0, 0.1) is 6.92 Å². The summed E-state index contributed by atoms with van der Waals surface area (Å²) in [6.07, 6.45) is 4.86. The summed E-state index contributed by atoms with van der Waals surface area (Å²) in [6, 6.07) is 9.21. The van der Waals surface area contributed by atoms with E-state index >= 15 is 0 Å². The molecule has 0 saturated heterocycles. The Balaban J connectivity index is 1.67. The van der Waals surface area contributed by atoms with Crippen LogP contribution in [0.3, 0.4) is 0 Å². The molecule has 2 aromatic heterocycles. The van der Waals surface area contributed by atoms with E-state index in [9.17, 15) is 0 Å². The number of hydrogen-bond acceptors (Lipinski definition) is 6. The highest BCUT2D eigenvalue weighted by atomic mass is 32.2. The van der Waals surface area contributed by atoms with Gasteiger partial charge in [-0.05, 0) is 37.7 Å². The van der Waals surface area contributed by atoms with Gasteiger partial charge in [0.05, 0.1) is 5.25 Å². The number of hydrogen-bond donors (Lipinski definition) is 0. The molecule has 7 heteroatoms. The van der Waals surface area contributed by atoms with Gasteiger partial charge in [-0.2, -0.15) is 4.98 Å². The summed E-state index contributed by atoms with van der Waals surface area (Å²) < 4.78 is 7.70. The second-order valence-electron chi connectivity index (χ2n) is 8.88. The maximum atomic E-state index is 5.36. The van der Waals surface area contributed by atoms with Crippen molar-refractivity contribution in [2.75, 3.05) is 0 Å². The first-order chi connectivity index (χ1) is 13.8. The predicted octanol–water partition coefficient (Wildman–Crippen LogP) is 5.90. The summed E-state index contributed by atoms with van der Waals surface area (Å²) in [6.45, 7) is 10.6. The lowest BCUT2D eigenvalue weighted by Crippen LogP contribution is -2.11. The van der Waals surface area contributed by atoms with E-state index in [-0.39, 0.29) is 10.7 Å². The Morgan fingerprint density at radius 2 is 1.79 bits per heavy atom. The summed E-state index contributed by atoms with van der Waals surface area (Å²) >= 11 is 1.64. The van der Waals surface area contributed by atoms with Gasteiger partial charge in [-0.3, -0.25) is 4.57 Å². The Bertz CT molecular complexity index is 964. The summed E-state index contributed by atoms with van der Waals surface area (Å²) in [5, 5.41) is 14.0. The molecular weight excluding hydrogens is 382 g/mol. The van der Waals surface area contributed by atoms with Crippen molar-refractivity contribution in [3.8, 4) is 11.4 Å². The first-order valence-electron chi connectivity index (χ1n) is 10.4. The third-order valence-corrected chi connectivity index (χ3v) is 6.58. The topological polar surface area (TPSA) is 69.6 Å². The lowest BCUT2D eigenvalue weighted by molar-refractivity contribution is 0.376. The van der Waals surface area contributed by atoms with Crippen LogP contribution in [-0.4, -0.2) is 24.9 Å². The number of benzene rings is 1. The quantitative estimate of drug-likeness (QED) is 0.487. The second kappa shape index (κ2) is 7.94.